The fourth-order valence-corrected chi connectivity index (χ4v) is 2.37. The molecule has 0 bridgehead atoms. The third kappa shape index (κ3) is 9.72. The lowest BCUT2D eigenvalue weighted by Gasteiger charge is -2.16. The molecule has 1 aliphatic rings. The molecular weight excluding hydrogens is 483 g/mol. The van der Waals surface area contributed by atoms with E-state index in [1.54, 1.807) is 19.2 Å². The standard InChI is InChI=1S/C19H29F2N3O3.HI/c1-3-9-26-16-7-6-15(17(11-16)27-18(20)21)12-24-19(22-2)23-8-10-25-13-14-4-5-14;/h6-7,11,14,18H,3-5,8-10,12-13H2,1-2H3,(H2,22,23,24);1H. The molecule has 0 atom stereocenters. The van der Waals surface area contributed by atoms with Crippen LogP contribution in [0.3, 0.4) is 0 Å². The third-order valence-corrected chi connectivity index (χ3v) is 3.99. The van der Waals surface area contributed by atoms with Gasteiger partial charge in [-0.2, -0.15) is 8.78 Å². The van der Waals surface area contributed by atoms with Crippen LogP contribution in [-0.2, 0) is 11.3 Å². The van der Waals surface area contributed by atoms with Crippen molar-refractivity contribution >= 4 is 29.9 Å². The Labute approximate surface area is 182 Å². The molecule has 1 saturated carbocycles. The number of rotatable bonds is 12. The van der Waals surface area contributed by atoms with Crippen LogP contribution in [0.2, 0.25) is 0 Å². The van der Waals surface area contributed by atoms with Crippen LogP contribution in [0.25, 0.3) is 0 Å². The minimum absolute atomic E-state index is 0. The first-order valence-electron chi connectivity index (χ1n) is 9.35. The number of ether oxygens (including phenoxy) is 3. The van der Waals surface area contributed by atoms with E-state index in [0.717, 1.165) is 18.9 Å². The zero-order valence-corrected chi connectivity index (χ0v) is 18.7. The lowest BCUT2D eigenvalue weighted by Crippen LogP contribution is -2.38. The molecule has 2 rings (SSSR count). The van der Waals surface area contributed by atoms with Gasteiger partial charge >= 0.3 is 6.61 Å². The van der Waals surface area contributed by atoms with Crippen molar-refractivity contribution in [2.45, 2.75) is 39.3 Å². The van der Waals surface area contributed by atoms with Gasteiger partial charge in [-0.05, 0) is 37.3 Å². The number of halogens is 3. The van der Waals surface area contributed by atoms with Crippen LogP contribution in [-0.4, -0.2) is 46.0 Å². The highest BCUT2D eigenvalue weighted by atomic mass is 127. The summed E-state index contributed by atoms with van der Waals surface area (Å²) in [6.07, 6.45) is 3.37. The van der Waals surface area contributed by atoms with Crippen molar-refractivity contribution in [2.24, 2.45) is 10.9 Å². The van der Waals surface area contributed by atoms with E-state index >= 15 is 0 Å². The lowest BCUT2D eigenvalue weighted by atomic mass is 10.2. The topological polar surface area (TPSA) is 64.1 Å². The van der Waals surface area contributed by atoms with Crippen LogP contribution in [0.15, 0.2) is 23.2 Å². The van der Waals surface area contributed by atoms with E-state index in [1.165, 1.54) is 18.9 Å². The van der Waals surface area contributed by atoms with Crippen molar-refractivity contribution in [3.63, 3.8) is 0 Å². The fourth-order valence-electron chi connectivity index (χ4n) is 2.37. The summed E-state index contributed by atoms with van der Waals surface area (Å²) in [5.41, 5.74) is 0.590. The second-order valence-corrected chi connectivity index (χ2v) is 6.37. The van der Waals surface area contributed by atoms with Crippen LogP contribution < -0.4 is 20.1 Å². The molecule has 0 unspecified atom stereocenters. The zero-order chi connectivity index (χ0) is 19.5. The van der Waals surface area contributed by atoms with Gasteiger partial charge in [0.1, 0.15) is 11.5 Å². The molecule has 0 saturated heterocycles. The monoisotopic (exact) mass is 513 g/mol. The fraction of sp³-hybridized carbons (Fsp3) is 0.632. The first-order chi connectivity index (χ1) is 13.1. The van der Waals surface area contributed by atoms with Crippen LogP contribution in [0.1, 0.15) is 31.7 Å². The molecule has 9 heteroatoms. The quantitative estimate of drug-likeness (QED) is 0.193. The number of hydrogen-bond donors (Lipinski definition) is 2. The molecule has 0 amide bonds. The number of nitrogens with zero attached hydrogens (tertiary/aromatic N) is 1. The van der Waals surface area contributed by atoms with E-state index in [1.807, 2.05) is 6.92 Å². The minimum Gasteiger partial charge on any atom is -0.493 e. The molecule has 0 aliphatic heterocycles. The first kappa shape index (κ1) is 24.7. The van der Waals surface area contributed by atoms with Gasteiger partial charge in [-0.25, -0.2) is 0 Å². The normalized spacial score (nSPS) is 13.8. The second-order valence-electron chi connectivity index (χ2n) is 6.37. The summed E-state index contributed by atoms with van der Waals surface area (Å²) in [5.74, 6) is 1.90. The molecule has 0 heterocycles. The first-order valence-corrected chi connectivity index (χ1v) is 9.35. The van der Waals surface area contributed by atoms with Gasteiger partial charge in [0.15, 0.2) is 5.96 Å². The van der Waals surface area contributed by atoms with E-state index in [0.29, 0.717) is 43.6 Å². The molecular formula is C19H30F2IN3O3. The Kier molecular flexibility index (Phi) is 12.1. The summed E-state index contributed by atoms with van der Waals surface area (Å²) in [4.78, 5) is 4.12. The number of benzene rings is 1. The van der Waals surface area contributed by atoms with E-state index in [2.05, 4.69) is 20.4 Å². The summed E-state index contributed by atoms with van der Waals surface area (Å²) in [7, 11) is 1.65. The van der Waals surface area contributed by atoms with Crippen LogP contribution >= 0.6 is 24.0 Å². The molecule has 1 aliphatic carbocycles. The maximum Gasteiger partial charge on any atom is 0.387 e. The highest BCUT2D eigenvalue weighted by Gasteiger charge is 2.20. The van der Waals surface area contributed by atoms with Gasteiger partial charge in [-0.1, -0.05) is 6.92 Å². The van der Waals surface area contributed by atoms with Gasteiger partial charge in [-0.3, -0.25) is 4.99 Å². The van der Waals surface area contributed by atoms with Gasteiger partial charge in [0.2, 0.25) is 0 Å². The minimum atomic E-state index is -2.90. The van der Waals surface area contributed by atoms with Crippen LogP contribution in [0.5, 0.6) is 11.5 Å². The lowest BCUT2D eigenvalue weighted by molar-refractivity contribution is -0.0505. The number of aliphatic imine (C=N–C) groups is 1. The van der Waals surface area contributed by atoms with Gasteiger partial charge in [0, 0.05) is 38.4 Å². The maximum atomic E-state index is 12.7. The zero-order valence-electron chi connectivity index (χ0n) is 16.4. The molecule has 6 nitrogen and oxygen atoms in total. The SMILES string of the molecule is CCCOc1ccc(CNC(=NC)NCCOCC2CC2)c(OC(F)F)c1.I. The summed E-state index contributed by atoms with van der Waals surface area (Å²) in [6, 6.07) is 4.94. The van der Waals surface area contributed by atoms with E-state index in [4.69, 9.17) is 9.47 Å². The molecule has 1 fully saturated rings. The highest BCUT2D eigenvalue weighted by Crippen LogP contribution is 2.28. The van der Waals surface area contributed by atoms with E-state index < -0.39 is 6.61 Å². The summed E-state index contributed by atoms with van der Waals surface area (Å²) >= 11 is 0. The van der Waals surface area contributed by atoms with Gasteiger partial charge in [0.25, 0.3) is 0 Å². The third-order valence-electron chi connectivity index (χ3n) is 3.99. The Balaban J connectivity index is 0.00000392. The van der Waals surface area contributed by atoms with E-state index in [9.17, 15) is 8.78 Å². The average molecular weight is 513 g/mol. The van der Waals surface area contributed by atoms with Gasteiger partial charge in [0.05, 0.1) is 13.2 Å². The Bertz CT molecular complexity index is 602. The predicted molar refractivity (Wildman–Crippen MR) is 116 cm³/mol. The van der Waals surface area contributed by atoms with Gasteiger partial charge < -0.3 is 24.8 Å². The van der Waals surface area contributed by atoms with Crippen LogP contribution in [0, 0.1) is 5.92 Å². The molecule has 1 aromatic rings. The summed E-state index contributed by atoms with van der Waals surface area (Å²) < 4.78 is 41.1. The van der Waals surface area contributed by atoms with Crippen molar-refractivity contribution in [3.8, 4) is 11.5 Å². The van der Waals surface area contributed by atoms with Gasteiger partial charge in [-0.15, -0.1) is 24.0 Å². The Morgan fingerprint density at radius 3 is 2.68 bits per heavy atom. The maximum absolute atomic E-state index is 12.7. The molecule has 2 N–H and O–H groups in total. The molecule has 0 spiro atoms. The molecule has 160 valence electrons. The number of nitrogens with one attached hydrogen (secondary N) is 2. The Morgan fingerprint density at radius 1 is 1.25 bits per heavy atom. The molecule has 0 radical (unpaired) electrons. The van der Waals surface area contributed by atoms with Crippen molar-refractivity contribution in [3.05, 3.63) is 23.8 Å². The Hall–Kier alpha value is -1.36. The Morgan fingerprint density at radius 2 is 2.04 bits per heavy atom. The highest BCUT2D eigenvalue weighted by molar-refractivity contribution is 14.0. The second kappa shape index (κ2) is 13.8. The average Bonchev–Trinajstić information content (AvgIpc) is 3.47. The number of guanidine groups is 1. The largest absolute Gasteiger partial charge is 0.493 e. The summed E-state index contributed by atoms with van der Waals surface area (Å²) in [6.45, 7) is 1.92. The molecule has 0 aromatic heterocycles. The van der Waals surface area contributed by atoms with Crippen molar-refractivity contribution in [1.82, 2.24) is 10.6 Å². The van der Waals surface area contributed by atoms with Crippen molar-refractivity contribution in [2.75, 3.05) is 33.4 Å². The smallest absolute Gasteiger partial charge is 0.387 e. The molecule has 28 heavy (non-hydrogen) atoms. The van der Waals surface area contributed by atoms with E-state index in [-0.39, 0.29) is 29.7 Å². The van der Waals surface area contributed by atoms with Crippen molar-refractivity contribution in [1.29, 1.82) is 0 Å². The van der Waals surface area contributed by atoms with Crippen molar-refractivity contribution < 1.29 is 23.0 Å². The predicted octanol–water partition coefficient (Wildman–Crippen LogP) is 3.79. The van der Waals surface area contributed by atoms with Crippen LogP contribution in [0.4, 0.5) is 8.78 Å². The summed E-state index contributed by atoms with van der Waals surface area (Å²) in [5, 5.41) is 6.23. The molecule has 1 aromatic carbocycles. The number of alkyl halides is 2. The number of hydrogen-bond acceptors (Lipinski definition) is 4.